The number of benzene rings is 2. The van der Waals surface area contributed by atoms with Crippen molar-refractivity contribution >= 4 is 18.0 Å². The zero-order valence-corrected chi connectivity index (χ0v) is 15.6. The first-order valence-corrected chi connectivity index (χ1v) is 9.59. The van der Waals surface area contributed by atoms with Crippen LogP contribution < -0.4 is 4.74 Å². The Morgan fingerprint density at radius 3 is 2.32 bits per heavy atom. The summed E-state index contributed by atoms with van der Waals surface area (Å²) in [5.41, 5.74) is 1.65. The molecule has 0 aromatic heterocycles. The molecule has 1 aliphatic heterocycles. The highest BCUT2D eigenvalue weighted by atomic mass is 16.7. The van der Waals surface area contributed by atoms with Crippen LogP contribution in [0.2, 0.25) is 0 Å². The van der Waals surface area contributed by atoms with Gasteiger partial charge in [0.05, 0.1) is 0 Å². The molecule has 1 aliphatic carbocycles. The molecule has 2 fully saturated rings. The quantitative estimate of drug-likeness (QED) is 0.448. The van der Waals surface area contributed by atoms with Gasteiger partial charge in [-0.1, -0.05) is 48.9 Å². The van der Waals surface area contributed by atoms with E-state index in [9.17, 15) is 9.59 Å². The molecule has 1 spiro atoms. The second-order valence-electron chi connectivity index (χ2n) is 7.16. The lowest BCUT2D eigenvalue weighted by atomic mass is 9.93. The maximum atomic E-state index is 12.5. The minimum absolute atomic E-state index is 0.0867. The van der Waals surface area contributed by atoms with Crippen LogP contribution in [0.4, 0.5) is 0 Å². The van der Waals surface area contributed by atoms with Gasteiger partial charge in [-0.3, -0.25) is 0 Å². The van der Waals surface area contributed by atoms with Crippen molar-refractivity contribution in [1.82, 2.24) is 0 Å². The van der Waals surface area contributed by atoms with Gasteiger partial charge in [0.1, 0.15) is 17.9 Å². The van der Waals surface area contributed by atoms with E-state index in [1.54, 1.807) is 12.1 Å². The number of hydrogen-bond donors (Lipinski definition) is 0. The fourth-order valence-corrected chi connectivity index (χ4v) is 3.57. The summed E-state index contributed by atoms with van der Waals surface area (Å²) in [7, 11) is 0. The van der Waals surface area contributed by atoms with Crippen molar-refractivity contribution in [3.8, 4) is 5.75 Å². The van der Waals surface area contributed by atoms with Gasteiger partial charge in [-0.2, -0.15) is 0 Å². The van der Waals surface area contributed by atoms with Crippen molar-refractivity contribution in [2.75, 3.05) is 0 Å². The average Bonchev–Trinajstić information content (AvgIpc) is 2.71. The number of rotatable bonds is 4. The minimum atomic E-state index is -1.07. The standard InChI is InChI=1S/C23H22O5/c24-21-20(22(25)28-23(27-21)12-5-2-6-13-23)15-18-10-7-11-19(14-18)26-16-17-8-3-1-4-9-17/h1,3-4,7-11,14-15H,2,5-6,12-13,16H2. The molecule has 28 heavy (non-hydrogen) atoms. The minimum Gasteiger partial charge on any atom is -0.489 e. The van der Waals surface area contributed by atoms with E-state index in [0.717, 1.165) is 24.8 Å². The Morgan fingerprint density at radius 2 is 1.61 bits per heavy atom. The number of carbonyl (C=O) groups is 2. The molecule has 1 saturated carbocycles. The van der Waals surface area contributed by atoms with Crippen LogP contribution >= 0.6 is 0 Å². The van der Waals surface area contributed by atoms with Crippen LogP contribution in [0.1, 0.15) is 43.2 Å². The summed E-state index contributed by atoms with van der Waals surface area (Å²) in [6, 6.07) is 17.1. The lowest BCUT2D eigenvalue weighted by Crippen LogP contribution is -2.47. The molecule has 1 saturated heterocycles. The fourth-order valence-electron chi connectivity index (χ4n) is 3.57. The van der Waals surface area contributed by atoms with Gasteiger partial charge in [0.15, 0.2) is 0 Å². The first-order valence-electron chi connectivity index (χ1n) is 9.59. The van der Waals surface area contributed by atoms with Gasteiger partial charge < -0.3 is 14.2 Å². The van der Waals surface area contributed by atoms with Crippen LogP contribution in [0.5, 0.6) is 5.75 Å². The Labute approximate surface area is 163 Å². The van der Waals surface area contributed by atoms with Gasteiger partial charge >= 0.3 is 11.9 Å². The van der Waals surface area contributed by atoms with E-state index < -0.39 is 17.7 Å². The van der Waals surface area contributed by atoms with Gasteiger partial charge in [-0.25, -0.2) is 9.59 Å². The molecule has 2 aromatic carbocycles. The second-order valence-corrected chi connectivity index (χ2v) is 7.16. The maximum Gasteiger partial charge on any atom is 0.348 e. The SMILES string of the molecule is O=C1OC2(CCCCC2)OC(=O)C1=Cc1cccc(OCc2ccccc2)c1. The van der Waals surface area contributed by atoms with Gasteiger partial charge in [-0.15, -0.1) is 0 Å². The van der Waals surface area contributed by atoms with Crippen LogP contribution in [0.25, 0.3) is 6.08 Å². The molecule has 2 aromatic rings. The summed E-state index contributed by atoms with van der Waals surface area (Å²) in [6.07, 6.45) is 5.48. The van der Waals surface area contributed by atoms with Gasteiger partial charge in [0.25, 0.3) is 5.79 Å². The topological polar surface area (TPSA) is 61.8 Å². The van der Waals surface area contributed by atoms with E-state index >= 15 is 0 Å². The first kappa shape index (κ1) is 18.3. The lowest BCUT2D eigenvalue weighted by molar-refractivity contribution is -0.244. The third-order valence-corrected chi connectivity index (χ3v) is 5.03. The van der Waals surface area contributed by atoms with E-state index in [2.05, 4.69) is 0 Å². The van der Waals surface area contributed by atoms with Gasteiger partial charge in [-0.05, 0) is 42.2 Å². The molecule has 4 rings (SSSR count). The number of ether oxygens (including phenoxy) is 3. The Morgan fingerprint density at radius 1 is 0.893 bits per heavy atom. The van der Waals surface area contributed by atoms with E-state index in [-0.39, 0.29) is 5.57 Å². The number of esters is 2. The molecular weight excluding hydrogens is 356 g/mol. The largest absolute Gasteiger partial charge is 0.489 e. The summed E-state index contributed by atoms with van der Waals surface area (Å²) in [5, 5.41) is 0. The molecule has 5 heteroatoms. The predicted molar refractivity (Wildman–Crippen MR) is 103 cm³/mol. The lowest BCUT2D eigenvalue weighted by Gasteiger charge is -2.38. The Kier molecular flexibility index (Phi) is 5.15. The van der Waals surface area contributed by atoms with E-state index in [1.807, 2.05) is 42.5 Å². The molecule has 0 radical (unpaired) electrons. The van der Waals surface area contributed by atoms with Crippen molar-refractivity contribution in [3.63, 3.8) is 0 Å². The van der Waals surface area contributed by atoms with Gasteiger partial charge in [0.2, 0.25) is 0 Å². The number of carbonyl (C=O) groups excluding carboxylic acids is 2. The zero-order valence-electron chi connectivity index (χ0n) is 15.6. The third-order valence-electron chi connectivity index (χ3n) is 5.03. The van der Waals surface area contributed by atoms with Crippen LogP contribution in [-0.4, -0.2) is 17.7 Å². The van der Waals surface area contributed by atoms with Crippen LogP contribution in [0, 0.1) is 0 Å². The third kappa shape index (κ3) is 4.09. The summed E-state index contributed by atoms with van der Waals surface area (Å²) in [5.74, 6) is -1.65. The van der Waals surface area contributed by atoms with Crippen LogP contribution in [-0.2, 0) is 25.7 Å². The normalized spacial score (nSPS) is 18.4. The summed E-state index contributed by atoms with van der Waals surface area (Å²) in [4.78, 5) is 24.9. The molecule has 0 unspecified atom stereocenters. The highest BCUT2D eigenvalue weighted by Crippen LogP contribution is 2.37. The maximum absolute atomic E-state index is 12.5. The average molecular weight is 378 g/mol. The van der Waals surface area contributed by atoms with Crippen molar-refractivity contribution in [2.45, 2.75) is 44.5 Å². The summed E-state index contributed by atoms with van der Waals surface area (Å²) in [6.45, 7) is 0.438. The fraction of sp³-hybridized carbons (Fsp3) is 0.304. The Hall–Kier alpha value is -3.08. The van der Waals surface area contributed by atoms with Crippen molar-refractivity contribution < 1.29 is 23.8 Å². The van der Waals surface area contributed by atoms with Crippen LogP contribution in [0.3, 0.4) is 0 Å². The Bertz CT molecular complexity index is 872. The molecule has 0 bridgehead atoms. The highest BCUT2D eigenvalue weighted by Gasteiger charge is 2.46. The molecule has 5 nitrogen and oxygen atoms in total. The molecule has 1 heterocycles. The summed E-state index contributed by atoms with van der Waals surface area (Å²) < 4.78 is 16.9. The predicted octanol–water partition coefficient (Wildman–Crippen LogP) is 4.41. The van der Waals surface area contributed by atoms with Crippen molar-refractivity contribution in [2.24, 2.45) is 0 Å². The molecule has 0 atom stereocenters. The van der Waals surface area contributed by atoms with E-state index in [1.165, 1.54) is 6.08 Å². The molecular formula is C23H22O5. The van der Waals surface area contributed by atoms with Gasteiger partial charge in [0, 0.05) is 12.8 Å². The molecule has 144 valence electrons. The second kappa shape index (κ2) is 7.89. The van der Waals surface area contributed by atoms with Crippen molar-refractivity contribution in [3.05, 3.63) is 71.3 Å². The van der Waals surface area contributed by atoms with E-state index in [4.69, 9.17) is 14.2 Å². The Balaban J connectivity index is 1.48. The van der Waals surface area contributed by atoms with Crippen molar-refractivity contribution in [1.29, 1.82) is 0 Å². The first-order chi connectivity index (χ1) is 13.6. The summed E-state index contributed by atoms with van der Waals surface area (Å²) >= 11 is 0. The van der Waals surface area contributed by atoms with E-state index in [0.29, 0.717) is 30.8 Å². The number of hydrogen-bond acceptors (Lipinski definition) is 5. The molecule has 2 aliphatic rings. The highest BCUT2D eigenvalue weighted by molar-refractivity contribution is 6.18. The molecule has 0 N–H and O–H groups in total. The monoisotopic (exact) mass is 378 g/mol. The zero-order chi connectivity index (χ0) is 19.4. The van der Waals surface area contributed by atoms with Crippen LogP contribution in [0.15, 0.2) is 60.2 Å². The smallest absolute Gasteiger partial charge is 0.348 e. The molecule has 0 amide bonds.